The molecule has 5 heteroatoms. The number of benzene rings is 1. The number of carbonyl (C=O) groups excluding carboxylic acids is 1. The quantitative estimate of drug-likeness (QED) is 0.828. The lowest BCUT2D eigenvalue weighted by atomic mass is 10.0. The summed E-state index contributed by atoms with van der Waals surface area (Å²) < 4.78 is 4.89. The maximum atomic E-state index is 11.6. The fraction of sp³-hybridized carbons (Fsp3) is 0.286. The third-order valence-electron chi connectivity index (χ3n) is 2.86. The van der Waals surface area contributed by atoms with E-state index >= 15 is 0 Å². The highest BCUT2D eigenvalue weighted by atomic mass is 16.5. The summed E-state index contributed by atoms with van der Waals surface area (Å²) in [6.45, 7) is 0.361. The standard InChI is InChI=1S/C14H17N3O2/c15-13(11-4-2-1-3-5-11)6-7-14(18)16-10-12-8-9-17-19-12/h1-5,8-9,13H,6-7,10,15H2,(H,16,18). The zero-order valence-electron chi connectivity index (χ0n) is 10.6. The molecule has 0 aliphatic carbocycles. The lowest BCUT2D eigenvalue weighted by Gasteiger charge is -2.11. The van der Waals surface area contributed by atoms with Crippen LogP contribution in [-0.4, -0.2) is 11.1 Å². The Kier molecular flexibility index (Phi) is 4.69. The number of amides is 1. The predicted octanol–water partition coefficient (Wildman–Crippen LogP) is 1.77. The van der Waals surface area contributed by atoms with Crippen molar-refractivity contribution < 1.29 is 9.32 Å². The SMILES string of the molecule is NC(CCC(=O)NCc1ccno1)c1ccccc1. The van der Waals surface area contributed by atoms with Crippen molar-refractivity contribution in [2.45, 2.75) is 25.4 Å². The molecule has 100 valence electrons. The molecule has 5 nitrogen and oxygen atoms in total. The molecule has 1 amide bonds. The van der Waals surface area contributed by atoms with Gasteiger partial charge in [-0.3, -0.25) is 4.79 Å². The number of nitrogens with zero attached hydrogens (tertiary/aromatic N) is 1. The molecule has 2 rings (SSSR count). The van der Waals surface area contributed by atoms with Gasteiger partial charge in [-0.15, -0.1) is 0 Å². The van der Waals surface area contributed by atoms with Crippen molar-refractivity contribution in [2.24, 2.45) is 5.73 Å². The van der Waals surface area contributed by atoms with Crippen molar-refractivity contribution >= 4 is 5.91 Å². The number of hydrogen-bond acceptors (Lipinski definition) is 4. The molecule has 2 aromatic rings. The summed E-state index contributed by atoms with van der Waals surface area (Å²) in [5.74, 6) is 0.600. The van der Waals surface area contributed by atoms with Crippen LogP contribution < -0.4 is 11.1 Å². The van der Waals surface area contributed by atoms with E-state index in [1.807, 2.05) is 30.3 Å². The van der Waals surface area contributed by atoms with E-state index in [9.17, 15) is 4.79 Å². The van der Waals surface area contributed by atoms with Gasteiger partial charge in [-0.1, -0.05) is 35.5 Å². The number of nitrogens with two attached hydrogens (primary N) is 1. The summed E-state index contributed by atoms with van der Waals surface area (Å²) in [4.78, 5) is 11.6. The maximum absolute atomic E-state index is 11.6. The Labute approximate surface area is 111 Å². The molecule has 1 unspecified atom stereocenters. The minimum absolute atomic E-state index is 0.0391. The van der Waals surface area contributed by atoms with Crippen LogP contribution in [-0.2, 0) is 11.3 Å². The zero-order chi connectivity index (χ0) is 13.5. The second-order valence-electron chi connectivity index (χ2n) is 4.31. The van der Waals surface area contributed by atoms with Crippen molar-refractivity contribution in [3.8, 4) is 0 Å². The Balaban J connectivity index is 1.71. The Morgan fingerprint density at radius 2 is 2.11 bits per heavy atom. The van der Waals surface area contributed by atoms with E-state index in [1.54, 1.807) is 12.3 Å². The van der Waals surface area contributed by atoms with Gasteiger partial charge in [-0.2, -0.15) is 0 Å². The maximum Gasteiger partial charge on any atom is 0.220 e. The highest BCUT2D eigenvalue weighted by molar-refractivity contribution is 5.75. The van der Waals surface area contributed by atoms with Gasteiger partial charge >= 0.3 is 0 Å². The van der Waals surface area contributed by atoms with E-state index in [-0.39, 0.29) is 11.9 Å². The van der Waals surface area contributed by atoms with Gasteiger partial charge in [0.1, 0.15) is 0 Å². The number of rotatable bonds is 6. The van der Waals surface area contributed by atoms with Crippen LogP contribution in [0.15, 0.2) is 47.1 Å². The molecular formula is C14H17N3O2. The first-order valence-electron chi connectivity index (χ1n) is 6.22. The van der Waals surface area contributed by atoms with Crippen molar-refractivity contribution in [3.63, 3.8) is 0 Å². The van der Waals surface area contributed by atoms with Gasteiger partial charge in [0.2, 0.25) is 5.91 Å². The molecule has 0 saturated heterocycles. The Hall–Kier alpha value is -2.14. The molecule has 3 N–H and O–H groups in total. The first-order chi connectivity index (χ1) is 9.25. The lowest BCUT2D eigenvalue weighted by Crippen LogP contribution is -2.23. The fourth-order valence-electron chi connectivity index (χ4n) is 1.76. The average molecular weight is 259 g/mol. The fourth-order valence-corrected chi connectivity index (χ4v) is 1.76. The van der Waals surface area contributed by atoms with Crippen molar-refractivity contribution in [3.05, 3.63) is 53.9 Å². The molecule has 0 radical (unpaired) electrons. The van der Waals surface area contributed by atoms with Crippen LogP contribution in [0.5, 0.6) is 0 Å². The van der Waals surface area contributed by atoms with E-state index in [0.29, 0.717) is 25.1 Å². The lowest BCUT2D eigenvalue weighted by molar-refractivity contribution is -0.121. The van der Waals surface area contributed by atoms with Gasteiger partial charge in [-0.05, 0) is 12.0 Å². The van der Waals surface area contributed by atoms with Crippen LogP contribution >= 0.6 is 0 Å². The topological polar surface area (TPSA) is 81.2 Å². The second-order valence-corrected chi connectivity index (χ2v) is 4.31. The highest BCUT2D eigenvalue weighted by Gasteiger charge is 2.09. The number of hydrogen-bond donors (Lipinski definition) is 2. The van der Waals surface area contributed by atoms with Crippen LogP contribution in [0.25, 0.3) is 0 Å². The van der Waals surface area contributed by atoms with Gasteiger partial charge < -0.3 is 15.6 Å². The molecule has 1 aromatic carbocycles. The van der Waals surface area contributed by atoms with Gasteiger partial charge in [0.15, 0.2) is 5.76 Å². The van der Waals surface area contributed by atoms with E-state index in [2.05, 4.69) is 10.5 Å². The zero-order valence-corrected chi connectivity index (χ0v) is 10.6. The van der Waals surface area contributed by atoms with E-state index in [4.69, 9.17) is 10.3 Å². The van der Waals surface area contributed by atoms with Crippen LogP contribution in [0.1, 0.15) is 30.2 Å². The average Bonchev–Trinajstić information content (AvgIpc) is 2.96. The molecule has 1 aromatic heterocycles. The van der Waals surface area contributed by atoms with Crippen LogP contribution in [0, 0.1) is 0 Å². The van der Waals surface area contributed by atoms with Crippen LogP contribution in [0.2, 0.25) is 0 Å². The summed E-state index contributed by atoms with van der Waals surface area (Å²) in [5.41, 5.74) is 7.07. The Bertz CT molecular complexity index is 497. The normalized spacial score (nSPS) is 12.1. The van der Waals surface area contributed by atoms with E-state index in [1.165, 1.54) is 0 Å². The molecular weight excluding hydrogens is 242 g/mol. The molecule has 1 heterocycles. The third kappa shape index (κ3) is 4.22. The molecule has 19 heavy (non-hydrogen) atoms. The first-order valence-corrected chi connectivity index (χ1v) is 6.22. The molecule has 0 fully saturated rings. The highest BCUT2D eigenvalue weighted by Crippen LogP contribution is 2.14. The largest absolute Gasteiger partial charge is 0.360 e. The minimum atomic E-state index is -0.114. The van der Waals surface area contributed by atoms with Gasteiger partial charge in [-0.25, -0.2) is 0 Å². The molecule has 0 aliphatic rings. The third-order valence-corrected chi connectivity index (χ3v) is 2.86. The van der Waals surface area contributed by atoms with Crippen molar-refractivity contribution in [2.75, 3.05) is 0 Å². The molecule has 0 bridgehead atoms. The summed E-state index contributed by atoms with van der Waals surface area (Å²) in [6, 6.07) is 11.4. The predicted molar refractivity (Wildman–Crippen MR) is 71.0 cm³/mol. The Morgan fingerprint density at radius 3 is 2.79 bits per heavy atom. The van der Waals surface area contributed by atoms with Gasteiger partial charge in [0, 0.05) is 18.5 Å². The molecule has 0 saturated carbocycles. The first kappa shape index (κ1) is 13.3. The molecule has 0 spiro atoms. The second kappa shape index (κ2) is 6.70. The summed E-state index contributed by atoms with van der Waals surface area (Å²) >= 11 is 0. The van der Waals surface area contributed by atoms with E-state index in [0.717, 1.165) is 5.56 Å². The van der Waals surface area contributed by atoms with Crippen molar-refractivity contribution in [1.82, 2.24) is 10.5 Å². The Morgan fingerprint density at radius 1 is 1.32 bits per heavy atom. The van der Waals surface area contributed by atoms with Gasteiger partial charge in [0.05, 0.1) is 12.7 Å². The smallest absolute Gasteiger partial charge is 0.220 e. The summed E-state index contributed by atoms with van der Waals surface area (Å²) in [6.07, 6.45) is 2.56. The summed E-state index contributed by atoms with van der Waals surface area (Å²) in [7, 11) is 0. The van der Waals surface area contributed by atoms with Crippen LogP contribution in [0.4, 0.5) is 0 Å². The monoisotopic (exact) mass is 259 g/mol. The minimum Gasteiger partial charge on any atom is -0.360 e. The number of carbonyl (C=O) groups is 1. The van der Waals surface area contributed by atoms with Crippen LogP contribution in [0.3, 0.4) is 0 Å². The number of aromatic nitrogens is 1. The molecule has 0 aliphatic heterocycles. The molecule has 1 atom stereocenters. The summed E-state index contributed by atoms with van der Waals surface area (Å²) in [5, 5.41) is 6.33. The van der Waals surface area contributed by atoms with Gasteiger partial charge in [0.25, 0.3) is 0 Å². The number of nitrogens with one attached hydrogen (secondary N) is 1. The van der Waals surface area contributed by atoms with Crippen molar-refractivity contribution in [1.29, 1.82) is 0 Å². The van der Waals surface area contributed by atoms with E-state index < -0.39 is 0 Å².